The monoisotopic (exact) mass is 204 g/mol. The second-order valence-corrected chi connectivity index (χ2v) is 2.95. The van der Waals surface area contributed by atoms with E-state index < -0.39 is 18.1 Å². The number of aliphatic carboxylic acids is 1. The second kappa shape index (κ2) is 6.33. The molecule has 82 valence electrons. The highest BCUT2D eigenvalue weighted by Gasteiger charge is 2.14. The van der Waals surface area contributed by atoms with Gasteiger partial charge in [0.15, 0.2) is 6.10 Å². The average Bonchev–Trinajstić information content (AvgIpc) is 2.15. The van der Waals surface area contributed by atoms with Gasteiger partial charge in [0.05, 0.1) is 6.04 Å². The maximum atomic E-state index is 11.1. The molecule has 0 aliphatic rings. The van der Waals surface area contributed by atoms with Crippen molar-refractivity contribution in [3.8, 4) is 0 Å². The number of amides is 1. The Bertz CT molecular complexity index is 208. The zero-order valence-corrected chi connectivity index (χ0v) is 8.06. The third kappa shape index (κ3) is 4.78. The number of aliphatic hydroxyl groups is 1. The van der Waals surface area contributed by atoms with Gasteiger partial charge >= 0.3 is 5.97 Å². The summed E-state index contributed by atoms with van der Waals surface area (Å²) in [7, 11) is 0. The summed E-state index contributed by atoms with van der Waals surface area (Å²) in [6.45, 7) is 1.89. The minimum atomic E-state index is -1.44. The maximum Gasteiger partial charge on any atom is 0.332 e. The van der Waals surface area contributed by atoms with Gasteiger partial charge in [-0.1, -0.05) is 6.92 Å². The minimum Gasteiger partial charge on any atom is -0.479 e. The van der Waals surface area contributed by atoms with E-state index in [0.29, 0.717) is 6.42 Å². The molecule has 0 radical (unpaired) electrons. The van der Waals surface area contributed by atoms with Crippen LogP contribution in [0.5, 0.6) is 0 Å². The van der Waals surface area contributed by atoms with Crippen molar-refractivity contribution in [1.82, 2.24) is 5.32 Å². The predicted molar refractivity (Wildman–Crippen MR) is 49.5 cm³/mol. The molecule has 0 aromatic rings. The zero-order chi connectivity index (χ0) is 11.1. The highest BCUT2D eigenvalue weighted by atomic mass is 16.4. The van der Waals surface area contributed by atoms with Crippen LogP contribution in [-0.2, 0) is 9.59 Å². The number of carbonyl (C=O) groups is 2. The summed E-state index contributed by atoms with van der Waals surface area (Å²) in [5.74, 6) is -1.62. The Morgan fingerprint density at radius 2 is 2.07 bits per heavy atom. The summed E-state index contributed by atoms with van der Waals surface area (Å²) in [6, 6.07) is -0.572. The topological polar surface area (TPSA) is 113 Å². The van der Waals surface area contributed by atoms with Gasteiger partial charge in [0.2, 0.25) is 5.91 Å². The van der Waals surface area contributed by atoms with E-state index in [1.807, 2.05) is 0 Å². The SMILES string of the molecule is CC[C@H](N)C(=O)NCCC(O)C(=O)O. The van der Waals surface area contributed by atoms with Gasteiger partial charge in [-0.25, -0.2) is 4.79 Å². The molecule has 5 N–H and O–H groups in total. The number of rotatable bonds is 6. The van der Waals surface area contributed by atoms with Crippen molar-refractivity contribution in [3.63, 3.8) is 0 Å². The second-order valence-electron chi connectivity index (χ2n) is 2.95. The molecule has 6 heteroatoms. The fraction of sp³-hybridized carbons (Fsp3) is 0.750. The Morgan fingerprint density at radius 1 is 1.50 bits per heavy atom. The zero-order valence-electron chi connectivity index (χ0n) is 8.06. The van der Waals surface area contributed by atoms with Crippen LogP contribution >= 0.6 is 0 Å². The Balaban J connectivity index is 3.64. The fourth-order valence-corrected chi connectivity index (χ4v) is 0.772. The Hall–Kier alpha value is -1.14. The molecule has 0 saturated heterocycles. The van der Waals surface area contributed by atoms with Gasteiger partial charge in [0, 0.05) is 13.0 Å². The summed E-state index contributed by atoms with van der Waals surface area (Å²) < 4.78 is 0. The van der Waals surface area contributed by atoms with E-state index in [0.717, 1.165) is 0 Å². The van der Waals surface area contributed by atoms with Gasteiger partial charge in [-0.05, 0) is 6.42 Å². The molecule has 1 amide bonds. The molecule has 6 nitrogen and oxygen atoms in total. The predicted octanol–water partition coefficient (Wildman–Crippen LogP) is -1.32. The van der Waals surface area contributed by atoms with Gasteiger partial charge in [-0.3, -0.25) is 4.79 Å². The molecular formula is C8H16N2O4. The first-order valence-corrected chi connectivity index (χ1v) is 4.43. The van der Waals surface area contributed by atoms with Crippen LogP contribution in [0.3, 0.4) is 0 Å². The summed E-state index contributed by atoms with van der Waals surface area (Å²) in [6.07, 6.45) is -0.932. The molecule has 0 fully saturated rings. The number of carbonyl (C=O) groups excluding carboxylic acids is 1. The van der Waals surface area contributed by atoms with Gasteiger partial charge in [-0.15, -0.1) is 0 Å². The molecule has 0 bridgehead atoms. The molecular weight excluding hydrogens is 188 g/mol. The van der Waals surface area contributed by atoms with Crippen molar-refractivity contribution in [3.05, 3.63) is 0 Å². The Morgan fingerprint density at radius 3 is 2.50 bits per heavy atom. The largest absolute Gasteiger partial charge is 0.479 e. The average molecular weight is 204 g/mol. The van der Waals surface area contributed by atoms with Crippen molar-refractivity contribution in [2.75, 3.05) is 6.54 Å². The van der Waals surface area contributed by atoms with Crippen LogP contribution in [0.2, 0.25) is 0 Å². The first-order chi connectivity index (χ1) is 6.49. The van der Waals surface area contributed by atoms with Crippen molar-refractivity contribution in [2.24, 2.45) is 5.73 Å². The van der Waals surface area contributed by atoms with E-state index in [2.05, 4.69) is 5.32 Å². The number of carboxylic acids is 1. The highest BCUT2D eigenvalue weighted by Crippen LogP contribution is 1.91. The first kappa shape index (κ1) is 12.9. The number of carboxylic acid groups (broad SMARTS) is 1. The highest BCUT2D eigenvalue weighted by molar-refractivity contribution is 5.81. The van der Waals surface area contributed by atoms with Crippen LogP contribution in [0.1, 0.15) is 19.8 Å². The van der Waals surface area contributed by atoms with Crippen LogP contribution in [0.25, 0.3) is 0 Å². The normalized spacial score (nSPS) is 14.5. The van der Waals surface area contributed by atoms with Crippen LogP contribution < -0.4 is 11.1 Å². The molecule has 0 heterocycles. The summed E-state index contributed by atoms with van der Waals surface area (Å²) >= 11 is 0. The van der Waals surface area contributed by atoms with E-state index in [4.69, 9.17) is 15.9 Å². The van der Waals surface area contributed by atoms with Crippen LogP contribution in [0, 0.1) is 0 Å². The Kier molecular flexibility index (Phi) is 5.82. The molecule has 2 atom stereocenters. The molecule has 0 aliphatic heterocycles. The van der Waals surface area contributed by atoms with E-state index in [9.17, 15) is 9.59 Å². The number of aliphatic hydroxyl groups excluding tert-OH is 1. The van der Waals surface area contributed by atoms with Crippen LogP contribution in [0.4, 0.5) is 0 Å². The van der Waals surface area contributed by atoms with Crippen molar-refractivity contribution < 1.29 is 19.8 Å². The smallest absolute Gasteiger partial charge is 0.332 e. The quantitative estimate of drug-likeness (QED) is 0.428. The molecule has 0 saturated carbocycles. The van der Waals surface area contributed by atoms with Gasteiger partial charge < -0.3 is 21.3 Å². The van der Waals surface area contributed by atoms with E-state index in [1.165, 1.54) is 0 Å². The van der Waals surface area contributed by atoms with Crippen molar-refractivity contribution in [1.29, 1.82) is 0 Å². The van der Waals surface area contributed by atoms with Crippen LogP contribution in [0.15, 0.2) is 0 Å². The van der Waals surface area contributed by atoms with Gasteiger partial charge in [0.1, 0.15) is 0 Å². The first-order valence-electron chi connectivity index (χ1n) is 4.43. The maximum absolute atomic E-state index is 11.1. The van der Waals surface area contributed by atoms with Crippen molar-refractivity contribution in [2.45, 2.75) is 31.9 Å². The third-order valence-electron chi connectivity index (χ3n) is 1.78. The summed E-state index contributed by atoms with van der Waals surface area (Å²) in [5.41, 5.74) is 5.40. The number of hydrogen-bond acceptors (Lipinski definition) is 4. The molecule has 0 spiro atoms. The molecule has 0 aromatic heterocycles. The number of nitrogens with one attached hydrogen (secondary N) is 1. The minimum absolute atomic E-state index is 0.0164. The van der Waals surface area contributed by atoms with Crippen LogP contribution in [-0.4, -0.2) is 40.8 Å². The number of hydrogen-bond donors (Lipinski definition) is 4. The fourth-order valence-electron chi connectivity index (χ4n) is 0.772. The lowest BCUT2D eigenvalue weighted by Gasteiger charge is -2.10. The summed E-state index contributed by atoms with van der Waals surface area (Å²) in [4.78, 5) is 21.2. The van der Waals surface area contributed by atoms with Gasteiger partial charge in [-0.2, -0.15) is 0 Å². The van der Waals surface area contributed by atoms with E-state index in [-0.39, 0.29) is 18.9 Å². The van der Waals surface area contributed by atoms with Crippen molar-refractivity contribution >= 4 is 11.9 Å². The molecule has 0 rings (SSSR count). The van der Waals surface area contributed by atoms with E-state index >= 15 is 0 Å². The van der Waals surface area contributed by atoms with Gasteiger partial charge in [0.25, 0.3) is 0 Å². The molecule has 14 heavy (non-hydrogen) atoms. The lowest BCUT2D eigenvalue weighted by Crippen LogP contribution is -2.41. The lowest BCUT2D eigenvalue weighted by molar-refractivity contribution is -0.147. The molecule has 0 aliphatic carbocycles. The molecule has 1 unspecified atom stereocenters. The lowest BCUT2D eigenvalue weighted by atomic mass is 10.2. The standard InChI is InChI=1S/C8H16N2O4/c1-2-5(9)7(12)10-4-3-6(11)8(13)14/h5-6,11H,2-4,9H2,1H3,(H,10,12)(H,13,14)/t5-,6?/m0/s1. The summed E-state index contributed by atoms with van der Waals surface area (Å²) in [5, 5.41) is 19.6. The van der Waals surface area contributed by atoms with E-state index in [1.54, 1.807) is 6.92 Å². The molecule has 0 aromatic carbocycles. The number of nitrogens with two attached hydrogens (primary N) is 1. The third-order valence-corrected chi connectivity index (χ3v) is 1.78. The Labute approximate surface area is 82.1 Å².